The summed E-state index contributed by atoms with van der Waals surface area (Å²) in [5, 5.41) is 3.32. The predicted octanol–water partition coefficient (Wildman–Crippen LogP) is 4.36. The Labute approximate surface area is 163 Å². The summed E-state index contributed by atoms with van der Waals surface area (Å²) in [4.78, 5) is 6.86. The number of benzene rings is 2. The van der Waals surface area contributed by atoms with E-state index >= 15 is 0 Å². The van der Waals surface area contributed by atoms with Crippen LogP contribution in [0.5, 0.6) is 5.75 Å². The minimum Gasteiger partial charge on any atom is -0.497 e. The van der Waals surface area contributed by atoms with Crippen LogP contribution >= 0.6 is 12.2 Å². The smallest absolute Gasteiger partial charge is 0.217 e. The van der Waals surface area contributed by atoms with E-state index in [9.17, 15) is 0 Å². The Morgan fingerprint density at radius 3 is 2.52 bits per heavy atom. The number of nitrogens with zero attached hydrogens (tertiary/aromatic N) is 3. The van der Waals surface area contributed by atoms with Crippen LogP contribution in [-0.2, 0) is 6.67 Å². The summed E-state index contributed by atoms with van der Waals surface area (Å²) < 4.78 is 7.70. The Balaban J connectivity index is 1.45. The molecule has 0 fully saturated rings. The Kier molecular flexibility index (Phi) is 5.18. The summed E-state index contributed by atoms with van der Waals surface area (Å²) in [7, 11) is 1.66. The van der Waals surface area contributed by atoms with Gasteiger partial charge in [0.15, 0.2) is 5.82 Å². The van der Waals surface area contributed by atoms with E-state index in [1.807, 2.05) is 28.9 Å². The number of H-pyrrole nitrogens is 1. The van der Waals surface area contributed by atoms with E-state index in [1.165, 1.54) is 11.1 Å². The molecule has 0 atom stereocenters. The molecule has 1 aromatic heterocycles. The molecule has 4 rings (SSSR count). The van der Waals surface area contributed by atoms with Gasteiger partial charge in [-0.2, -0.15) is 4.98 Å². The molecule has 6 heteroatoms. The largest absolute Gasteiger partial charge is 0.497 e. The van der Waals surface area contributed by atoms with Crippen molar-refractivity contribution < 1.29 is 4.74 Å². The van der Waals surface area contributed by atoms with Crippen LogP contribution in [0.3, 0.4) is 0 Å². The molecular weight excluding hydrogens is 356 g/mol. The van der Waals surface area contributed by atoms with Crippen molar-refractivity contribution in [3.8, 4) is 17.1 Å². The number of aromatic amines is 1. The van der Waals surface area contributed by atoms with Crippen molar-refractivity contribution in [2.75, 3.05) is 20.2 Å². The summed E-state index contributed by atoms with van der Waals surface area (Å²) >= 11 is 5.44. The van der Waals surface area contributed by atoms with Gasteiger partial charge in [0, 0.05) is 18.7 Å². The molecule has 27 heavy (non-hydrogen) atoms. The van der Waals surface area contributed by atoms with Crippen LogP contribution in [0.25, 0.3) is 17.0 Å². The second-order valence-corrected chi connectivity index (χ2v) is 6.94. The molecule has 0 aliphatic carbocycles. The molecule has 0 unspecified atom stereocenters. The van der Waals surface area contributed by atoms with Crippen LogP contribution in [0, 0.1) is 4.77 Å². The SMILES string of the molecule is COc1ccc(-c2nc(=S)n(CN3CC=C(c4ccccc4)CC3)[nH]2)cc1. The Hall–Kier alpha value is -2.70. The van der Waals surface area contributed by atoms with E-state index < -0.39 is 0 Å². The molecule has 1 aliphatic rings. The molecule has 0 amide bonds. The van der Waals surface area contributed by atoms with Gasteiger partial charge in [0.2, 0.25) is 4.77 Å². The number of ether oxygens (including phenoxy) is 1. The van der Waals surface area contributed by atoms with Crippen LogP contribution < -0.4 is 4.74 Å². The third kappa shape index (κ3) is 4.02. The number of hydrogen-bond donors (Lipinski definition) is 1. The quantitative estimate of drug-likeness (QED) is 0.670. The fourth-order valence-electron chi connectivity index (χ4n) is 3.28. The van der Waals surface area contributed by atoms with Gasteiger partial charge in [0.25, 0.3) is 0 Å². The van der Waals surface area contributed by atoms with Crippen LogP contribution in [0.4, 0.5) is 0 Å². The number of rotatable bonds is 5. The average molecular weight is 379 g/mol. The first-order valence-electron chi connectivity index (χ1n) is 9.01. The van der Waals surface area contributed by atoms with E-state index in [4.69, 9.17) is 17.0 Å². The molecule has 1 aliphatic heterocycles. The van der Waals surface area contributed by atoms with Crippen molar-refractivity contribution in [2.45, 2.75) is 13.1 Å². The summed E-state index contributed by atoms with van der Waals surface area (Å²) in [5.41, 5.74) is 3.72. The molecule has 0 saturated heterocycles. The topological polar surface area (TPSA) is 46.1 Å². The highest BCUT2D eigenvalue weighted by molar-refractivity contribution is 7.71. The number of nitrogens with one attached hydrogen (secondary N) is 1. The maximum Gasteiger partial charge on any atom is 0.217 e. The van der Waals surface area contributed by atoms with Gasteiger partial charge in [0.05, 0.1) is 13.8 Å². The van der Waals surface area contributed by atoms with Gasteiger partial charge >= 0.3 is 0 Å². The molecule has 0 spiro atoms. The highest BCUT2D eigenvalue weighted by Crippen LogP contribution is 2.23. The fraction of sp³-hybridized carbons (Fsp3) is 0.238. The highest BCUT2D eigenvalue weighted by atomic mass is 32.1. The van der Waals surface area contributed by atoms with Gasteiger partial charge < -0.3 is 4.74 Å². The first-order chi connectivity index (χ1) is 13.2. The van der Waals surface area contributed by atoms with Crippen molar-refractivity contribution in [1.29, 1.82) is 0 Å². The molecule has 138 valence electrons. The zero-order valence-electron chi connectivity index (χ0n) is 15.3. The molecule has 0 saturated carbocycles. The van der Waals surface area contributed by atoms with E-state index in [-0.39, 0.29) is 0 Å². The zero-order chi connectivity index (χ0) is 18.6. The first-order valence-corrected chi connectivity index (χ1v) is 9.42. The lowest BCUT2D eigenvalue weighted by atomic mass is 10.00. The summed E-state index contributed by atoms with van der Waals surface area (Å²) in [6.45, 7) is 2.61. The second kappa shape index (κ2) is 7.90. The Morgan fingerprint density at radius 1 is 1.07 bits per heavy atom. The fourth-order valence-corrected chi connectivity index (χ4v) is 3.48. The van der Waals surface area contributed by atoms with E-state index in [1.54, 1.807) is 7.11 Å². The van der Waals surface area contributed by atoms with Gasteiger partial charge in [-0.1, -0.05) is 36.4 Å². The monoisotopic (exact) mass is 378 g/mol. The summed E-state index contributed by atoms with van der Waals surface area (Å²) in [6.07, 6.45) is 3.35. The lowest BCUT2D eigenvalue weighted by Gasteiger charge is -2.26. The zero-order valence-corrected chi connectivity index (χ0v) is 16.1. The Bertz CT molecular complexity index is 989. The maximum absolute atomic E-state index is 5.44. The summed E-state index contributed by atoms with van der Waals surface area (Å²) in [5.74, 6) is 1.60. The molecule has 0 bridgehead atoms. The van der Waals surface area contributed by atoms with Gasteiger partial charge in [0.1, 0.15) is 5.75 Å². The third-order valence-corrected chi connectivity index (χ3v) is 5.13. The minimum atomic E-state index is 0.568. The molecule has 2 heterocycles. The molecular formula is C21H22N4OS. The van der Waals surface area contributed by atoms with Crippen molar-refractivity contribution in [1.82, 2.24) is 19.7 Å². The number of methoxy groups -OCH3 is 1. The van der Waals surface area contributed by atoms with Gasteiger partial charge in [-0.25, -0.2) is 4.68 Å². The minimum absolute atomic E-state index is 0.568. The van der Waals surface area contributed by atoms with E-state index in [0.29, 0.717) is 11.4 Å². The summed E-state index contributed by atoms with van der Waals surface area (Å²) in [6, 6.07) is 18.4. The van der Waals surface area contributed by atoms with Crippen LogP contribution in [0.1, 0.15) is 12.0 Å². The molecule has 0 radical (unpaired) electrons. The third-order valence-electron chi connectivity index (χ3n) is 4.82. The normalized spacial score (nSPS) is 14.8. The van der Waals surface area contributed by atoms with Crippen molar-refractivity contribution >= 4 is 17.8 Å². The molecule has 5 nitrogen and oxygen atoms in total. The van der Waals surface area contributed by atoms with Crippen LogP contribution in [0.2, 0.25) is 0 Å². The average Bonchev–Trinajstić information content (AvgIpc) is 3.09. The van der Waals surface area contributed by atoms with Gasteiger partial charge in [-0.15, -0.1) is 0 Å². The van der Waals surface area contributed by atoms with E-state index in [2.05, 4.69) is 51.4 Å². The van der Waals surface area contributed by atoms with Gasteiger partial charge in [-0.3, -0.25) is 10.00 Å². The standard InChI is InChI=1S/C21H22N4OS/c1-26-19-9-7-18(8-10-19)20-22-21(27)25(23-20)15-24-13-11-17(12-14-24)16-5-3-2-4-6-16/h2-11H,12-15H2,1H3,(H,22,23,27). The lowest BCUT2D eigenvalue weighted by Crippen LogP contribution is -2.31. The molecule has 1 N–H and O–H groups in total. The van der Waals surface area contributed by atoms with Gasteiger partial charge in [-0.05, 0) is 54.0 Å². The van der Waals surface area contributed by atoms with Crippen molar-refractivity contribution in [2.24, 2.45) is 0 Å². The Morgan fingerprint density at radius 2 is 1.85 bits per heavy atom. The highest BCUT2D eigenvalue weighted by Gasteiger charge is 2.14. The second-order valence-electron chi connectivity index (χ2n) is 6.58. The van der Waals surface area contributed by atoms with E-state index in [0.717, 1.165) is 36.6 Å². The number of hydrogen-bond acceptors (Lipinski definition) is 4. The lowest BCUT2D eigenvalue weighted by molar-refractivity contribution is 0.226. The predicted molar refractivity (Wildman–Crippen MR) is 110 cm³/mol. The van der Waals surface area contributed by atoms with Crippen LogP contribution in [0.15, 0.2) is 60.7 Å². The molecule has 3 aromatic rings. The first kappa shape index (κ1) is 17.7. The maximum atomic E-state index is 5.44. The van der Waals surface area contributed by atoms with Crippen molar-refractivity contribution in [3.05, 3.63) is 71.0 Å². The van der Waals surface area contributed by atoms with Crippen LogP contribution in [-0.4, -0.2) is 39.9 Å². The number of aromatic nitrogens is 3. The van der Waals surface area contributed by atoms with Crippen molar-refractivity contribution in [3.63, 3.8) is 0 Å². The molecule has 2 aromatic carbocycles.